The van der Waals surface area contributed by atoms with E-state index in [9.17, 15) is 14.4 Å². The number of rotatable bonds is 1. The molecule has 0 saturated carbocycles. The second kappa shape index (κ2) is 3.61. The Bertz CT molecular complexity index is 524. The Morgan fingerprint density at radius 3 is 2.69 bits per heavy atom. The van der Waals surface area contributed by atoms with Crippen LogP contribution in [0, 0.1) is 0 Å². The number of ether oxygens (including phenoxy) is 1. The molecule has 0 radical (unpaired) electrons. The quantitative estimate of drug-likeness (QED) is 0.592. The lowest BCUT2D eigenvalue weighted by molar-refractivity contribution is -0.112. The Morgan fingerprint density at radius 1 is 1.38 bits per heavy atom. The van der Waals surface area contributed by atoms with E-state index in [4.69, 9.17) is 11.6 Å². The SMILES string of the molecule is COC(=O)c1cc(Cl)c2c(c1)C(=O)C(=O)N2. The lowest BCUT2D eigenvalue weighted by Crippen LogP contribution is -2.12. The van der Waals surface area contributed by atoms with E-state index >= 15 is 0 Å². The molecule has 6 heteroatoms. The fraction of sp³-hybridized carbons (Fsp3) is 0.100. The molecule has 1 aliphatic rings. The van der Waals surface area contributed by atoms with Gasteiger partial charge >= 0.3 is 5.97 Å². The highest BCUT2D eigenvalue weighted by molar-refractivity contribution is 6.53. The van der Waals surface area contributed by atoms with Crippen LogP contribution in [-0.2, 0) is 9.53 Å². The van der Waals surface area contributed by atoms with Gasteiger partial charge in [-0.1, -0.05) is 11.6 Å². The number of anilines is 1. The van der Waals surface area contributed by atoms with Gasteiger partial charge in [0.15, 0.2) is 0 Å². The molecule has 0 bridgehead atoms. The van der Waals surface area contributed by atoms with E-state index in [-0.39, 0.29) is 21.8 Å². The predicted molar refractivity (Wildman–Crippen MR) is 55.8 cm³/mol. The van der Waals surface area contributed by atoms with Crippen molar-refractivity contribution in [3.8, 4) is 0 Å². The van der Waals surface area contributed by atoms with E-state index in [2.05, 4.69) is 10.1 Å². The zero-order valence-corrected chi connectivity index (χ0v) is 8.92. The Kier molecular flexibility index (Phi) is 2.40. The van der Waals surface area contributed by atoms with E-state index in [0.29, 0.717) is 0 Å². The van der Waals surface area contributed by atoms with Crippen LogP contribution in [0.5, 0.6) is 0 Å². The van der Waals surface area contributed by atoms with E-state index in [1.54, 1.807) is 0 Å². The molecular formula is C10H6ClNO4. The van der Waals surface area contributed by atoms with Crippen LogP contribution < -0.4 is 5.32 Å². The summed E-state index contributed by atoms with van der Waals surface area (Å²) in [5.41, 5.74) is 0.471. The van der Waals surface area contributed by atoms with E-state index in [0.717, 1.165) is 0 Å². The number of carbonyl (C=O) groups is 3. The molecule has 1 aliphatic heterocycles. The third-order valence-electron chi connectivity index (χ3n) is 2.20. The standard InChI is InChI=1S/C10H6ClNO4/c1-16-10(15)4-2-5-7(6(11)3-4)12-9(14)8(5)13/h2-3H,1H3,(H,12,13,14). The molecule has 1 aromatic carbocycles. The van der Waals surface area contributed by atoms with Gasteiger partial charge < -0.3 is 10.1 Å². The number of ketones is 1. The van der Waals surface area contributed by atoms with Crippen LogP contribution in [0.2, 0.25) is 5.02 Å². The number of Topliss-reactive ketones (excluding diaryl/α,β-unsaturated/α-hetero) is 1. The average molecular weight is 240 g/mol. The van der Waals surface area contributed by atoms with Gasteiger partial charge in [0.1, 0.15) is 0 Å². The number of halogens is 1. The number of carbonyl (C=O) groups excluding carboxylic acids is 3. The summed E-state index contributed by atoms with van der Waals surface area (Å²) in [7, 11) is 1.22. The number of benzene rings is 1. The Hall–Kier alpha value is -1.88. The minimum atomic E-state index is -0.751. The van der Waals surface area contributed by atoms with Crippen molar-refractivity contribution in [1.29, 1.82) is 0 Å². The minimum absolute atomic E-state index is 0.0953. The van der Waals surface area contributed by atoms with Crippen LogP contribution in [0.3, 0.4) is 0 Å². The fourth-order valence-corrected chi connectivity index (χ4v) is 1.71. The summed E-state index contributed by atoms with van der Waals surface area (Å²) in [5, 5.41) is 2.46. The number of methoxy groups -OCH3 is 1. The molecule has 16 heavy (non-hydrogen) atoms. The summed E-state index contributed by atoms with van der Waals surface area (Å²) in [6, 6.07) is 2.62. The molecule has 1 heterocycles. The third-order valence-corrected chi connectivity index (χ3v) is 2.50. The zero-order chi connectivity index (χ0) is 11.9. The van der Waals surface area contributed by atoms with Crippen LogP contribution in [0.1, 0.15) is 20.7 Å². The van der Waals surface area contributed by atoms with Gasteiger partial charge in [-0.05, 0) is 12.1 Å². The van der Waals surface area contributed by atoms with Gasteiger partial charge in [0.05, 0.1) is 28.9 Å². The second-order valence-electron chi connectivity index (χ2n) is 3.16. The summed E-state index contributed by atoms with van der Waals surface area (Å²) in [5.74, 6) is -2.07. The number of hydrogen-bond donors (Lipinski definition) is 1. The molecule has 1 aromatic rings. The van der Waals surface area contributed by atoms with Gasteiger partial charge in [0.25, 0.3) is 11.7 Å². The van der Waals surface area contributed by atoms with Crippen molar-refractivity contribution in [2.75, 3.05) is 12.4 Å². The lowest BCUT2D eigenvalue weighted by Gasteiger charge is -2.04. The molecule has 0 aromatic heterocycles. The smallest absolute Gasteiger partial charge is 0.337 e. The molecule has 1 N–H and O–H groups in total. The third kappa shape index (κ3) is 1.45. The molecule has 2 rings (SSSR count). The number of esters is 1. The van der Waals surface area contributed by atoms with E-state index in [1.807, 2.05) is 0 Å². The second-order valence-corrected chi connectivity index (χ2v) is 3.56. The first-order valence-corrected chi connectivity index (χ1v) is 4.70. The summed E-state index contributed by atoms with van der Waals surface area (Å²) >= 11 is 5.83. The van der Waals surface area contributed by atoms with Gasteiger partial charge in [0, 0.05) is 0 Å². The van der Waals surface area contributed by atoms with E-state index in [1.165, 1.54) is 19.2 Å². The summed E-state index contributed by atoms with van der Waals surface area (Å²) in [6.45, 7) is 0. The first-order chi connectivity index (χ1) is 7.54. The Morgan fingerprint density at radius 2 is 2.06 bits per heavy atom. The van der Waals surface area contributed by atoms with Crippen molar-refractivity contribution < 1.29 is 19.1 Å². The maximum Gasteiger partial charge on any atom is 0.337 e. The Labute approximate surface area is 95.3 Å². The highest BCUT2D eigenvalue weighted by Crippen LogP contribution is 2.32. The van der Waals surface area contributed by atoms with Gasteiger partial charge in [-0.3, -0.25) is 9.59 Å². The van der Waals surface area contributed by atoms with Gasteiger partial charge in [-0.25, -0.2) is 4.79 Å². The zero-order valence-electron chi connectivity index (χ0n) is 8.17. The van der Waals surface area contributed by atoms with Crippen molar-refractivity contribution in [2.45, 2.75) is 0 Å². The summed E-state index contributed by atoms with van der Waals surface area (Å²) in [6.07, 6.45) is 0. The summed E-state index contributed by atoms with van der Waals surface area (Å²) in [4.78, 5) is 33.7. The van der Waals surface area contributed by atoms with Crippen molar-refractivity contribution in [1.82, 2.24) is 0 Å². The monoisotopic (exact) mass is 239 g/mol. The number of hydrogen-bond acceptors (Lipinski definition) is 4. The highest BCUT2D eigenvalue weighted by Gasteiger charge is 2.31. The first kappa shape index (κ1) is 10.6. The largest absolute Gasteiger partial charge is 0.465 e. The minimum Gasteiger partial charge on any atom is -0.465 e. The van der Waals surface area contributed by atoms with Crippen LogP contribution >= 0.6 is 11.6 Å². The topological polar surface area (TPSA) is 72.5 Å². The molecule has 1 amide bonds. The predicted octanol–water partition coefficient (Wildman–Crippen LogP) is 1.26. The lowest BCUT2D eigenvalue weighted by atomic mass is 10.1. The van der Waals surface area contributed by atoms with Crippen molar-refractivity contribution in [3.05, 3.63) is 28.3 Å². The Balaban J connectivity index is 2.59. The average Bonchev–Trinajstić information content (AvgIpc) is 2.56. The number of fused-ring (bicyclic) bond motifs is 1. The first-order valence-electron chi connectivity index (χ1n) is 4.32. The molecule has 0 unspecified atom stereocenters. The van der Waals surface area contributed by atoms with E-state index < -0.39 is 17.7 Å². The van der Waals surface area contributed by atoms with Crippen LogP contribution in [0.4, 0.5) is 5.69 Å². The molecule has 82 valence electrons. The molecule has 0 spiro atoms. The van der Waals surface area contributed by atoms with Gasteiger partial charge in [-0.2, -0.15) is 0 Å². The maximum atomic E-state index is 11.4. The molecule has 0 atom stereocenters. The van der Waals surface area contributed by atoms with Crippen molar-refractivity contribution in [3.63, 3.8) is 0 Å². The van der Waals surface area contributed by atoms with Gasteiger partial charge in [-0.15, -0.1) is 0 Å². The van der Waals surface area contributed by atoms with Crippen LogP contribution in [-0.4, -0.2) is 24.8 Å². The molecule has 0 fully saturated rings. The van der Waals surface area contributed by atoms with Crippen molar-refractivity contribution in [2.24, 2.45) is 0 Å². The van der Waals surface area contributed by atoms with Crippen LogP contribution in [0.25, 0.3) is 0 Å². The van der Waals surface area contributed by atoms with Crippen molar-refractivity contribution >= 4 is 34.9 Å². The molecule has 0 aliphatic carbocycles. The highest BCUT2D eigenvalue weighted by atomic mass is 35.5. The van der Waals surface area contributed by atoms with Gasteiger partial charge in [0.2, 0.25) is 0 Å². The number of amides is 1. The van der Waals surface area contributed by atoms with Crippen LogP contribution in [0.15, 0.2) is 12.1 Å². The molecule has 5 nitrogen and oxygen atoms in total. The number of nitrogens with one attached hydrogen (secondary N) is 1. The maximum absolute atomic E-state index is 11.4. The molecular weight excluding hydrogens is 234 g/mol. The summed E-state index contributed by atoms with van der Waals surface area (Å²) < 4.78 is 4.50. The normalized spacial score (nSPS) is 13.4. The fourth-order valence-electron chi connectivity index (χ4n) is 1.44. The molecule has 0 saturated heterocycles.